The van der Waals surface area contributed by atoms with Gasteiger partial charge in [0.25, 0.3) is 0 Å². The molecule has 1 radical (unpaired) electrons. The number of hydrogen-bond donors (Lipinski definition) is 0. The molecule has 10 heavy (non-hydrogen) atoms. The maximum atomic E-state index is 5.17. The number of fused-ring (bicyclic) bond motifs is 1. The monoisotopic (exact) mass is 151 g/mol. The third-order valence-corrected chi connectivity index (χ3v) is 1.93. The lowest BCUT2D eigenvalue weighted by Crippen LogP contribution is -2.00. The van der Waals surface area contributed by atoms with Crippen molar-refractivity contribution in [2.75, 3.05) is 0 Å². The highest BCUT2D eigenvalue weighted by Gasteiger charge is 2.06. The van der Waals surface area contributed by atoms with E-state index in [2.05, 4.69) is 4.98 Å². The van der Waals surface area contributed by atoms with E-state index in [0.29, 0.717) is 0 Å². The van der Waals surface area contributed by atoms with Crippen LogP contribution in [0.4, 0.5) is 0 Å². The molecule has 0 spiro atoms. The van der Waals surface area contributed by atoms with Gasteiger partial charge in [-0.05, 0) is 13.0 Å². The average Bonchev–Trinajstić information content (AvgIpc) is 2.36. The molecule has 51 valence electrons. The quantitative estimate of drug-likeness (QED) is 0.511. The van der Waals surface area contributed by atoms with Crippen LogP contribution in [0.1, 0.15) is 5.69 Å². The first-order valence-corrected chi connectivity index (χ1v) is 3.74. The fourth-order valence-electron chi connectivity index (χ4n) is 0.841. The van der Waals surface area contributed by atoms with Crippen LogP contribution in [0.5, 0.6) is 11.5 Å². The van der Waals surface area contributed by atoms with Gasteiger partial charge >= 0.3 is 0 Å². The Kier molecular flexibility index (Phi) is 1.14. The highest BCUT2D eigenvalue weighted by atomic mass is 28.3. The summed E-state index contributed by atoms with van der Waals surface area (Å²) in [6, 6.07) is 1.81. The van der Waals surface area contributed by atoms with E-state index in [-0.39, 0.29) is 10.0 Å². The third-order valence-electron chi connectivity index (χ3n) is 1.34. The van der Waals surface area contributed by atoms with Crippen LogP contribution < -0.4 is 8.85 Å². The second kappa shape index (κ2) is 1.98. The van der Waals surface area contributed by atoms with Crippen molar-refractivity contribution >= 4 is 10.0 Å². The zero-order valence-corrected chi connectivity index (χ0v) is 6.42. The van der Waals surface area contributed by atoms with Crippen LogP contribution in [0.25, 0.3) is 0 Å². The van der Waals surface area contributed by atoms with Crippen molar-refractivity contribution in [2.24, 2.45) is 0 Å². The SMILES string of the molecule is Cc1nccc2c1O[Si-]O2. The molecule has 1 aromatic rings. The van der Waals surface area contributed by atoms with E-state index < -0.39 is 0 Å². The summed E-state index contributed by atoms with van der Waals surface area (Å²) in [5, 5.41) is 0. The largest absolute Gasteiger partial charge is 0.692 e. The van der Waals surface area contributed by atoms with E-state index in [0.717, 1.165) is 17.2 Å². The van der Waals surface area contributed by atoms with E-state index in [4.69, 9.17) is 8.85 Å². The summed E-state index contributed by atoms with van der Waals surface area (Å²) in [5.74, 6) is 1.60. The van der Waals surface area contributed by atoms with Gasteiger partial charge in [-0.3, -0.25) is 4.98 Å². The van der Waals surface area contributed by atoms with Crippen molar-refractivity contribution in [3.8, 4) is 11.5 Å². The number of rotatable bonds is 0. The Balaban J connectivity index is 2.59. The van der Waals surface area contributed by atoms with Crippen molar-refractivity contribution in [2.45, 2.75) is 6.92 Å². The van der Waals surface area contributed by atoms with Gasteiger partial charge in [0.05, 0.1) is 15.7 Å². The first-order valence-electron chi connectivity index (χ1n) is 2.92. The van der Waals surface area contributed by atoms with Gasteiger partial charge in [-0.1, -0.05) is 0 Å². The molecular weight excluding hydrogens is 146 g/mol. The Bertz CT molecular complexity index is 264. The maximum absolute atomic E-state index is 5.17. The summed E-state index contributed by atoms with van der Waals surface area (Å²) >= 11 is 0. The van der Waals surface area contributed by atoms with Crippen LogP contribution in [0.2, 0.25) is 0 Å². The number of hydrogen-bond acceptors (Lipinski definition) is 3. The fraction of sp³-hybridized carbons (Fsp3) is 0.167. The third kappa shape index (κ3) is 0.690. The van der Waals surface area contributed by atoms with Crippen molar-refractivity contribution < 1.29 is 8.85 Å². The Labute approximate surface area is 61.1 Å². The van der Waals surface area contributed by atoms with E-state index in [1.54, 1.807) is 6.20 Å². The lowest BCUT2D eigenvalue weighted by atomic mass is 10.3. The van der Waals surface area contributed by atoms with Crippen molar-refractivity contribution in [1.82, 2.24) is 4.98 Å². The normalized spacial score (nSPS) is 13.7. The molecule has 0 aromatic carbocycles. The minimum Gasteiger partial charge on any atom is -0.692 e. The van der Waals surface area contributed by atoms with Gasteiger partial charge in [-0.2, -0.15) is 0 Å². The van der Waals surface area contributed by atoms with E-state index in [1.165, 1.54) is 0 Å². The van der Waals surface area contributed by atoms with Gasteiger partial charge in [0, 0.05) is 6.20 Å². The first-order chi connectivity index (χ1) is 4.88. The van der Waals surface area contributed by atoms with Crippen molar-refractivity contribution in [3.05, 3.63) is 18.0 Å². The van der Waals surface area contributed by atoms with Gasteiger partial charge in [0.15, 0.2) is 0 Å². The Morgan fingerprint density at radius 3 is 3.20 bits per heavy atom. The molecule has 1 aliphatic heterocycles. The smallest absolute Gasteiger partial charge is 0.132 e. The second-order valence-electron chi connectivity index (χ2n) is 2.01. The lowest BCUT2D eigenvalue weighted by Gasteiger charge is -2.04. The zero-order chi connectivity index (χ0) is 6.97. The molecule has 0 amide bonds. The van der Waals surface area contributed by atoms with Crippen LogP contribution in [0, 0.1) is 6.92 Å². The minimum atomic E-state index is 0.103. The molecule has 2 rings (SSSR count). The molecule has 3 nitrogen and oxygen atoms in total. The fourth-order valence-corrected chi connectivity index (χ4v) is 1.47. The van der Waals surface area contributed by atoms with Crippen LogP contribution in [0.3, 0.4) is 0 Å². The Hall–Kier alpha value is -1.03. The van der Waals surface area contributed by atoms with Crippen LogP contribution >= 0.6 is 0 Å². The standard InChI is InChI=1S/C6H5NO2Si/c1-4-6-5(2-3-7-4)8-10-9-6/h2-3H,1H3/q-1. The predicted molar refractivity (Wildman–Crippen MR) is 36.0 cm³/mol. The molecule has 0 atom stereocenters. The van der Waals surface area contributed by atoms with Crippen LogP contribution in [-0.4, -0.2) is 15.0 Å². The molecule has 0 bridgehead atoms. The molecule has 0 N–H and O–H groups in total. The Morgan fingerprint density at radius 1 is 1.50 bits per heavy atom. The summed E-state index contributed by atoms with van der Waals surface area (Å²) < 4.78 is 10.3. The van der Waals surface area contributed by atoms with Crippen LogP contribution in [-0.2, 0) is 0 Å². The summed E-state index contributed by atoms with van der Waals surface area (Å²) in [5.41, 5.74) is 0.891. The average molecular weight is 151 g/mol. The molecule has 4 heteroatoms. The van der Waals surface area contributed by atoms with Gasteiger partial charge in [0.1, 0.15) is 11.5 Å². The van der Waals surface area contributed by atoms with E-state index in [1.807, 2.05) is 13.0 Å². The first kappa shape index (κ1) is 5.73. The van der Waals surface area contributed by atoms with E-state index in [9.17, 15) is 0 Å². The van der Waals surface area contributed by atoms with Crippen molar-refractivity contribution in [1.29, 1.82) is 0 Å². The summed E-state index contributed by atoms with van der Waals surface area (Å²) in [6.07, 6.45) is 1.72. The zero-order valence-electron chi connectivity index (χ0n) is 5.42. The molecule has 2 heterocycles. The highest BCUT2D eigenvalue weighted by Crippen LogP contribution is 2.32. The number of nitrogens with zero attached hydrogens (tertiary/aromatic N) is 1. The molecule has 1 aromatic heterocycles. The lowest BCUT2D eigenvalue weighted by molar-refractivity contribution is 0.539. The minimum absolute atomic E-state index is 0.103. The number of aryl methyl sites for hydroxylation is 1. The maximum Gasteiger partial charge on any atom is 0.132 e. The molecule has 0 saturated carbocycles. The summed E-state index contributed by atoms with van der Waals surface area (Å²) in [7, 11) is 0.103. The topological polar surface area (TPSA) is 31.4 Å². The molecule has 0 saturated heterocycles. The van der Waals surface area contributed by atoms with Crippen molar-refractivity contribution in [3.63, 3.8) is 0 Å². The predicted octanol–water partition coefficient (Wildman–Crippen LogP) is 0.695. The van der Waals surface area contributed by atoms with Gasteiger partial charge < -0.3 is 8.85 Å². The summed E-state index contributed by atoms with van der Waals surface area (Å²) in [6.45, 7) is 1.90. The second-order valence-corrected chi connectivity index (χ2v) is 2.59. The van der Waals surface area contributed by atoms with Gasteiger partial charge in [-0.25, -0.2) is 0 Å². The van der Waals surface area contributed by atoms with Gasteiger partial charge in [0.2, 0.25) is 0 Å². The summed E-state index contributed by atoms with van der Waals surface area (Å²) in [4.78, 5) is 4.05. The molecule has 0 unspecified atom stereocenters. The molecular formula is C6H5NO2Si-. The Morgan fingerprint density at radius 2 is 2.40 bits per heavy atom. The molecule has 1 aliphatic rings. The van der Waals surface area contributed by atoms with Gasteiger partial charge in [-0.15, -0.1) is 0 Å². The molecule has 0 fully saturated rings. The highest BCUT2D eigenvalue weighted by molar-refractivity contribution is 6.23. The number of pyridine rings is 1. The number of aromatic nitrogens is 1. The van der Waals surface area contributed by atoms with Crippen LogP contribution in [0.15, 0.2) is 12.3 Å². The van der Waals surface area contributed by atoms with E-state index >= 15 is 0 Å². The molecule has 0 aliphatic carbocycles.